The van der Waals surface area contributed by atoms with Gasteiger partial charge in [0.2, 0.25) is 0 Å². The molecule has 330 valence electrons. The number of ether oxygens (including phenoxy) is 3. The second-order valence-electron chi connectivity index (χ2n) is 20.8. The van der Waals surface area contributed by atoms with Gasteiger partial charge in [0.1, 0.15) is 12.2 Å². The molecule has 60 heavy (non-hydrogen) atoms. The Morgan fingerprint density at radius 3 is 2.32 bits per heavy atom. The van der Waals surface area contributed by atoms with Crippen LogP contribution in [0.1, 0.15) is 139 Å². The van der Waals surface area contributed by atoms with Gasteiger partial charge in [-0.2, -0.15) is 0 Å². The summed E-state index contributed by atoms with van der Waals surface area (Å²) in [6, 6.07) is 7.36. The first-order valence-electron chi connectivity index (χ1n) is 21.9. The van der Waals surface area contributed by atoms with E-state index < -0.39 is 50.2 Å². The highest BCUT2D eigenvalue weighted by molar-refractivity contribution is 7.91. The van der Waals surface area contributed by atoms with Crippen LogP contribution in [-0.2, 0) is 33.7 Å². The number of carboxylic acids is 1. The monoisotopic (exact) mass is 852 g/mol. The molecule has 14 heteroatoms. The zero-order chi connectivity index (χ0) is 43.7. The molecule has 1 heterocycles. The summed E-state index contributed by atoms with van der Waals surface area (Å²) in [5.41, 5.74) is 0.557. The van der Waals surface area contributed by atoms with Gasteiger partial charge in [-0.1, -0.05) is 78.3 Å². The average molecular weight is 853 g/mol. The van der Waals surface area contributed by atoms with E-state index >= 15 is 0 Å². The predicted molar refractivity (Wildman–Crippen MR) is 219 cm³/mol. The van der Waals surface area contributed by atoms with Gasteiger partial charge in [0.05, 0.1) is 34.9 Å². The van der Waals surface area contributed by atoms with Crippen molar-refractivity contribution in [3.63, 3.8) is 0 Å². The molecule has 0 radical (unpaired) electrons. The van der Waals surface area contributed by atoms with E-state index in [1.165, 1.54) is 29.8 Å². The average Bonchev–Trinajstić information content (AvgIpc) is 3.55. The van der Waals surface area contributed by atoms with Gasteiger partial charge in [0.25, 0.3) is 9.84 Å². The van der Waals surface area contributed by atoms with Crippen LogP contribution in [0.2, 0.25) is 0 Å². The van der Waals surface area contributed by atoms with Gasteiger partial charge >= 0.3 is 28.8 Å². The van der Waals surface area contributed by atoms with Gasteiger partial charge < -0.3 is 24.5 Å². The van der Waals surface area contributed by atoms with Crippen LogP contribution in [0.4, 0.5) is 0 Å². The molecular formula is C46H64N2O11S. The first-order chi connectivity index (χ1) is 28.0. The standard InChI is InChI=1S/C46H64N2O11S/c1-29(20-27-56-38-39(48(53)59-47-38)60(54,55)30-12-10-9-11-13-30)57-36(49)16-17-37(50)58-35-19-21-43(6)33(42(35,4)5)18-22-45(8)34(43)15-14-31-32-28-41(2,3)23-25-46(32,40(51)52)26-24-44(31,45)7/h9-14,29,32-35H,15-28H2,1-8H3,(H,51,52)/t29?,32-,33-,34+,35-,43-,44+,45+,46-/m0/s1. The molecule has 0 saturated heterocycles. The number of carboxylic acid groups (broad SMARTS) is 1. The Balaban J connectivity index is 0.932. The van der Waals surface area contributed by atoms with Crippen LogP contribution in [0, 0.1) is 55.5 Å². The minimum absolute atomic E-state index is 0.0166. The number of sulfone groups is 1. The minimum atomic E-state index is -4.27. The van der Waals surface area contributed by atoms with Gasteiger partial charge in [-0.3, -0.25) is 19.0 Å². The van der Waals surface area contributed by atoms with Crippen molar-refractivity contribution in [2.24, 2.45) is 50.2 Å². The summed E-state index contributed by atoms with van der Waals surface area (Å²) in [4.78, 5) is 38.8. The van der Waals surface area contributed by atoms with E-state index in [4.69, 9.17) is 14.2 Å². The zero-order valence-electron chi connectivity index (χ0n) is 36.6. The van der Waals surface area contributed by atoms with Crippen LogP contribution < -0.4 is 9.64 Å². The summed E-state index contributed by atoms with van der Waals surface area (Å²) in [5.74, 6) is -1.31. The molecule has 0 spiro atoms. The first-order valence-corrected chi connectivity index (χ1v) is 23.4. The van der Waals surface area contributed by atoms with Crippen molar-refractivity contribution in [2.45, 2.75) is 161 Å². The molecule has 1 unspecified atom stereocenters. The lowest BCUT2D eigenvalue weighted by atomic mass is 9.33. The van der Waals surface area contributed by atoms with Gasteiger partial charge in [-0.15, -0.1) is 0 Å². The Morgan fingerprint density at radius 1 is 0.933 bits per heavy atom. The summed E-state index contributed by atoms with van der Waals surface area (Å²) >= 11 is 0. The molecule has 0 amide bonds. The molecule has 5 aliphatic rings. The Bertz CT molecular complexity index is 2130. The van der Waals surface area contributed by atoms with Crippen molar-refractivity contribution < 1.29 is 51.7 Å². The number of benzene rings is 1. The lowest BCUT2D eigenvalue weighted by Crippen LogP contribution is -2.65. The number of carbonyl (C=O) groups excluding carboxylic acids is 2. The third-order valence-electron chi connectivity index (χ3n) is 16.8. The van der Waals surface area contributed by atoms with E-state index in [0.717, 1.165) is 64.2 Å². The van der Waals surface area contributed by atoms with Crippen LogP contribution >= 0.6 is 0 Å². The molecule has 0 bridgehead atoms. The Hall–Kier alpha value is -3.94. The molecule has 9 atom stereocenters. The molecule has 1 N–H and O–H groups in total. The van der Waals surface area contributed by atoms with E-state index in [2.05, 4.69) is 64.3 Å². The first kappa shape index (κ1) is 44.1. The van der Waals surface area contributed by atoms with Gasteiger partial charge in [-0.25, -0.2) is 8.42 Å². The number of aromatic nitrogens is 2. The molecule has 4 saturated carbocycles. The second-order valence-corrected chi connectivity index (χ2v) is 22.7. The van der Waals surface area contributed by atoms with Gasteiger partial charge in [0, 0.05) is 11.8 Å². The highest BCUT2D eigenvalue weighted by atomic mass is 32.2. The minimum Gasteiger partial charge on any atom is -0.481 e. The summed E-state index contributed by atoms with van der Waals surface area (Å²) in [5, 5.41) is 25.5. The fourth-order valence-corrected chi connectivity index (χ4v) is 14.4. The predicted octanol–water partition coefficient (Wildman–Crippen LogP) is 8.42. The van der Waals surface area contributed by atoms with E-state index in [1.807, 2.05) is 0 Å². The van der Waals surface area contributed by atoms with E-state index in [9.17, 15) is 33.1 Å². The summed E-state index contributed by atoms with van der Waals surface area (Å²) in [7, 11) is -4.27. The molecule has 2 aromatic rings. The van der Waals surface area contributed by atoms with Gasteiger partial charge in [-0.05, 0) is 128 Å². The number of esters is 2. The molecule has 1 aromatic carbocycles. The van der Waals surface area contributed by atoms with Crippen molar-refractivity contribution in [2.75, 3.05) is 6.61 Å². The summed E-state index contributed by atoms with van der Waals surface area (Å²) < 4.78 is 47.7. The number of nitrogens with zero attached hydrogens (tertiary/aromatic N) is 2. The van der Waals surface area contributed by atoms with Crippen LogP contribution in [0.3, 0.4) is 0 Å². The third-order valence-corrected chi connectivity index (χ3v) is 18.5. The van der Waals surface area contributed by atoms with Crippen molar-refractivity contribution in [3.8, 4) is 5.88 Å². The Morgan fingerprint density at radius 2 is 1.62 bits per heavy atom. The molecular weight excluding hydrogens is 789 g/mol. The van der Waals surface area contributed by atoms with Crippen LogP contribution in [0.25, 0.3) is 0 Å². The highest BCUT2D eigenvalue weighted by Gasteiger charge is 2.69. The van der Waals surface area contributed by atoms with Crippen LogP contribution in [-0.4, -0.2) is 55.4 Å². The smallest absolute Gasteiger partial charge is 0.414 e. The molecule has 0 aliphatic heterocycles. The molecule has 1 aromatic heterocycles. The zero-order valence-corrected chi connectivity index (χ0v) is 37.4. The topological polar surface area (TPSA) is 186 Å². The molecule has 7 rings (SSSR count). The van der Waals surface area contributed by atoms with Crippen molar-refractivity contribution in [1.29, 1.82) is 0 Å². The number of allylic oxidation sites excluding steroid dienone is 2. The maximum Gasteiger partial charge on any atom is 0.414 e. The Kier molecular flexibility index (Phi) is 11.4. The summed E-state index contributed by atoms with van der Waals surface area (Å²) in [6.45, 7) is 18.0. The number of hydrogen-bond donors (Lipinski definition) is 1. The van der Waals surface area contributed by atoms with Crippen molar-refractivity contribution >= 4 is 27.7 Å². The Labute approximate surface area is 354 Å². The fraction of sp³-hybridized carbons (Fsp3) is 0.717. The summed E-state index contributed by atoms with van der Waals surface area (Å²) in [6.07, 6.45) is 10.4. The lowest BCUT2D eigenvalue weighted by Gasteiger charge is -2.71. The SMILES string of the molecule is CC(CCOc1no[n+]([O-])c1S(=O)(=O)c1ccccc1)OC(=O)CCC(=O)O[C@H]1CC[C@]2(C)[C@H]3CC=C4[C@@H]5CC(C)(C)CC[C@]5(C(=O)O)CC[C@@]4(C)[C@]3(C)CC[C@H]2C1(C)C. The molecule has 5 aliphatic carbocycles. The normalized spacial score (nSPS) is 34.6. The van der Waals surface area contributed by atoms with Crippen LogP contribution in [0.5, 0.6) is 5.88 Å². The molecule has 13 nitrogen and oxygen atoms in total. The quantitative estimate of drug-likeness (QED) is 0.122. The largest absolute Gasteiger partial charge is 0.481 e. The lowest BCUT2D eigenvalue weighted by molar-refractivity contribution is -0.832. The third kappa shape index (κ3) is 7.23. The van der Waals surface area contributed by atoms with Crippen molar-refractivity contribution in [3.05, 3.63) is 47.2 Å². The van der Waals surface area contributed by atoms with E-state index in [1.54, 1.807) is 13.0 Å². The number of fused-ring (bicyclic) bond motifs is 7. The second kappa shape index (κ2) is 15.4. The fourth-order valence-electron chi connectivity index (χ4n) is 13.1. The maximum absolute atomic E-state index is 13.3. The maximum atomic E-state index is 13.3. The van der Waals surface area contributed by atoms with Crippen molar-refractivity contribution in [1.82, 2.24) is 5.16 Å². The highest BCUT2D eigenvalue weighted by Crippen LogP contribution is 2.76. The number of carbonyl (C=O) groups is 3. The van der Waals surface area contributed by atoms with E-state index in [0.29, 0.717) is 11.8 Å². The number of hydrogen-bond acceptors (Lipinski definition) is 11. The van der Waals surface area contributed by atoms with E-state index in [-0.39, 0.29) is 74.8 Å². The van der Waals surface area contributed by atoms with Crippen LogP contribution in [0.15, 0.2) is 56.5 Å². The van der Waals surface area contributed by atoms with Gasteiger partial charge in [0.15, 0.2) is 0 Å². The number of aliphatic carboxylic acids is 1. The number of rotatable bonds is 12. The molecule has 4 fully saturated rings.